The van der Waals surface area contributed by atoms with E-state index in [-0.39, 0.29) is 25.7 Å². The predicted molar refractivity (Wildman–Crippen MR) is 372 cm³/mol. The Morgan fingerprint density at radius 2 is 0.522 bits per heavy atom. The van der Waals surface area contributed by atoms with Gasteiger partial charge in [0.2, 0.25) is 0 Å². The minimum Gasteiger partial charge on any atom is -0.462 e. The van der Waals surface area contributed by atoms with Crippen molar-refractivity contribution in [3.63, 3.8) is 0 Å². The van der Waals surface area contributed by atoms with Crippen LogP contribution in [0.25, 0.3) is 0 Å². The van der Waals surface area contributed by atoms with Gasteiger partial charge in [-0.25, -0.2) is 9.13 Å². The fourth-order valence-electron chi connectivity index (χ4n) is 11.0. The van der Waals surface area contributed by atoms with E-state index >= 15 is 0 Å². The lowest BCUT2D eigenvalue weighted by Gasteiger charge is -2.21. The van der Waals surface area contributed by atoms with Crippen LogP contribution in [0, 0.1) is 23.7 Å². The van der Waals surface area contributed by atoms with Gasteiger partial charge in [0.15, 0.2) is 12.2 Å². The fraction of sp³-hybridized carbons (Fsp3) is 0.945. The second kappa shape index (κ2) is 62.6. The maximum atomic E-state index is 13.0. The highest BCUT2D eigenvalue weighted by Crippen LogP contribution is 2.45. The molecule has 0 aliphatic carbocycles. The molecule has 0 aromatic carbocycles. The molecule has 0 amide bonds. The second-order valence-corrected chi connectivity index (χ2v) is 30.7. The van der Waals surface area contributed by atoms with Crippen molar-refractivity contribution in [2.45, 2.75) is 382 Å². The number of phosphoric acid groups is 2. The lowest BCUT2D eigenvalue weighted by Crippen LogP contribution is -2.30. The molecular formula is C73H142O17P2. The first kappa shape index (κ1) is 90.1. The van der Waals surface area contributed by atoms with Crippen LogP contribution in [0.3, 0.4) is 0 Å². The number of hydrogen-bond donors (Lipinski definition) is 3. The van der Waals surface area contributed by atoms with Gasteiger partial charge >= 0.3 is 39.5 Å². The highest BCUT2D eigenvalue weighted by molar-refractivity contribution is 7.47. The minimum absolute atomic E-state index is 0.105. The first-order valence-corrected chi connectivity index (χ1v) is 40.8. The molecule has 92 heavy (non-hydrogen) atoms. The van der Waals surface area contributed by atoms with E-state index in [9.17, 15) is 43.2 Å². The molecule has 0 aromatic heterocycles. The van der Waals surface area contributed by atoms with Gasteiger partial charge in [-0.2, -0.15) is 0 Å². The van der Waals surface area contributed by atoms with Crippen LogP contribution in [-0.4, -0.2) is 96.7 Å². The van der Waals surface area contributed by atoms with Crippen molar-refractivity contribution in [3.8, 4) is 0 Å². The van der Waals surface area contributed by atoms with Crippen LogP contribution in [-0.2, 0) is 65.4 Å². The SMILES string of the molecule is CCC(C)CCCCCCCCCCCCCCCCC(=O)O[C@H](COC(=O)CCCCCCCCC(C)C)COP(=O)(O)OC[C@@H](O)COP(=O)(O)OC[C@@H](COC(=O)CCCCCCCCC(C)CC)OC(=O)CCCCCCCCCCCCCCC(C)C. The van der Waals surface area contributed by atoms with Gasteiger partial charge in [0, 0.05) is 25.7 Å². The third-order valence-electron chi connectivity index (χ3n) is 17.5. The van der Waals surface area contributed by atoms with Crippen molar-refractivity contribution in [2.75, 3.05) is 39.6 Å². The van der Waals surface area contributed by atoms with Crippen LogP contribution in [0.4, 0.5) is 0 Å². The zero-order valence-corrected chi connectivity index (χ0v) is 62.0. The number of carbonyl (C=O) groups is 4. The highest BCUT2D eigenvalue weighted by atomic mass is 31.2. The maximum Gasteiger partial charge on any atom is 0.472 e. The summed E-state index contributed by atoms with van der Waals surface area (Å²) < 4.78 is 68.4. The summed E-state index contributed by atoms with van der Waals surface area (Å²) in [5.74, 6) is 0.905. The van der Waals surface area contributed by atoms with E-state index in [1.165, 1.54) is 154 Å². The molecule has 0 aliphatic rings. The molecule has 17 nitrogen and oxygen atoms in total. The molecule has 0 bridgehead atoms. The van der Waals surface area contributed by atoms with E-state index < -0.39 is 97.5 Å². The van der Waals surface area contributed by atoms with E-state index in [1.807, 2.05) is 0 Å². The summed E-state index contributed by atoms with van der Waals surface area (Å²) in [4.78, 5) is 72.6. The van der Waals surface area contributed by atoms with Gasteiger partial charge in [-0.1, -0.05) is 312 Å². The van der Waals surface area contributed by atoms with E-state index in [2.05, 4.69) is 55.4 Å². The molecule has 0 aliphatic heterocycles. The van der Waals surface area contributed by atoms with Crippen LogP contribution in [0.2, 0.25) is 0 Å². The summed E-state index contributed by atoms with van der Waals surface area (Å²) in [7, 11) is -9.91. The summed E-state index contributed by atoms with van der Waals surface area (Å²) in [6, 6.07) is 0. The number of aliphatic hydroxyl groups excluding tert-OH is 1. The van der Waals surface area contributed by atoms with E-state index in [0.717, 1.165) is 120 Å². The lowest BCUT2D eigenvalue weighted by molar-refractivity contribution is -0.161. The van der Waals surface area contributed by atoms with Crippen molar-refractivity contribution in [1.82, 2.24) is 0 Å². The summed E-state index contributed by atoms with van der Waals surface area (Å²) in [5.41, 5.74) is 0. The smallest absolute Gasteiger partial charge is 0.462 e. The van der Waals surface area contributed by atoms with Crippen LogP contribution in [0.5, 0.6) is 0 Å². The summed E-state index contributed by atoms with van der Waals surface area (Å²) in [6.07, 6.45) is 45.9. The van der Waals surface area contributed by atoms with E-state index in [1.54, 1.807) is 0 Å². The van der Waals surface area contributed by atoms with Crippen LogP contribution in [0.15, 0.2) is 0 Å². The first-order valence-electron chi connectivity index (χ1n) is 37.8. The predicted octanol–water partition coefficient (Wildman–Crippen LogP) is 20.9. The largest absolute Gasteiger partial charge is 0.472 e. The van der Waals surface area contributed by atoms with Crippen LogP contribution < -0.4 is 0 Å². The Morgan fingerprint density at radius 3 is 0.772 bits per heavy atom. The van der Waals surface area contributed by atoms with Gasteiger partial charge in [0.1, 0.15) is 19.3 Å². The zero-order chi connectivity index (χ0) is 68.2. The Balaban J connectivity index is 5.21. The Bertz CT molecular complexity index is 1820. The molecule has 0 fully saturated rings. The molecule has 0 radical (unpaired) electrons. The van der Waals surface area contributed by atoms with Crippen molar-refractivity contribution in [3.05, 3.63) is 0 Å². The average molecular weight is 1350 g/mol. The third-order valence-corrected chi connectivity index (χ3v) is 19.4. The number of hydrogen-bond acceptors (Lipinski definition) is 15. The molecule has 4 unspecified atom stereocenters. The molecule has 0 saturated heterocycles. The Morgan fingerprint density at radius 1 is 0.304 bits per heavy atom. The Kier molecular flexibility index (Phi) is 61.3. The van der Waals surface area contributed by atoms with Crippen molar-refractivity contribution < 1.29 is 80.2 Å². The van der Waals surface area contributed by atoms with Crippen LogP contribution in [0.1, 0.15) is 364 Å². The minimum atomic E-state index is -4.95. The molecule has 0 heterocycles. The molecule has 546 valence electrons. The summed E-state index contributed by atoms with van der Waals surface area (Å²) in [5, 5.41) is 10.6. The van der Waals surface area contributed by atoms with Gasteiger partial charge in [-0.3, -0.25) is 37.3 Å². The number of carbonyl (C=O) groups excluding carboxylic acids is 4. The van der Waals surface area contributed by atoms with Crippen molar-refractivity contribution >= 4 is 39.5 Å². The van der Waals surface area contributed by atoms with Gasteiger partial charge in [-0.15, -0.1) is 0 Å². The molecule has 0 spiro atoms. The van der Waals surface area contributed by atoms with Gasteiger partial charge in [0.25, 0.3) is 0 Å². The number of rotatable bonds is 70. The molecule has 19 heteroatoms. The van der Waals surface area contributed by atoms with Gasteiger partial charge in [0.05, 0.1) is 26.4 Å². The standard InChI is InChI=1S/C73H142O17P2/c1-9-65(7)51-43-35-26-22-18-13-11-12-14-19-23-27-39-47-55-72(77)89-68(59-83-70(75)53-45-37-31-29-34-42-50-64(5)6)61-87-91(79,80)85-57-67(74)58-86-92(81,82)88-62-69(60-84-71(76)54-46-38-32-30-36-44-52-66(8)10-2)90-73(78)56-48-40-28-24-20-16-15-17-21-25-33-41-49-63(3)4/h63-69,74H,9-62H2,1-8H3,(H,79,80)(H,81,82)/t65?,66?,67-,68-,69-/m1/s1. The number of unbranched alkanes of at least 4 members (excludes halogenated alkanes) is 34. The normalized spacial score (nSPS) is 14.8. The molecule has 0 aromatic rings. The number of esters is 4. The summed E-state index contributed by atoms with van der Waals surface area (Å²) in [6.45, 7) is 14.1. The van der Waals surface area contributed by atoms with Crippen molar-refractivity contribution in [2.24, 2.45) is 23.7 Å². The van der Waals surface area contributed by atoms with Gasteiger partial charge in [-0.05, 0) is 49.4 Å². The topological polar surface area (TPSA) is 237 Å². The quantitative estimate of drug-likeness (QED) is 0.0222. The number of ether oxygens (including phenoxy) is 4. The molecule has 3 N–H and O–H groups in total. The maximum absolute atomic E-state index is 13.0. The fourth-order valence-corrected chi connectivity index (χ4v) is 12.5. The zero-order valence-electron chi connectivity index (χ0n) is 60.2. The molecule has 0 saturated carbocycles. The monoisotopic (exact) mass is 1350 g/mol. The molecule has 7 atom stereocenters. The van der Waals surface area contributed by atoms with Crippen LogP contribution >= 0.6 is 15.6 Å². The lowest BCUT2D eigenvalue weighted by atomic mass is 9.99. The van der Waals surface area contributed by atoms with Gasteiger partial charge < -0.3 is 33.8 Å². The Hall–Kier alpha value is -1.94. The highest BCUT2D eigenvalue weighted by Gasteiger charge is 2.30. The number of phosphoric ester groups is 2. The van der Waals surface area contributed by atoms with Crippen molar-refractivity contribution in [1.29, 1.82) is 0 Å². The molecular weight excluding hydrogens is 1210 g/mol. The first-order chi connectivity index (χ1) is 44.2. The second-order valence-electron chi connectivity index (χ2n) is 27.8. The van der Waals surface area contributed by atoms with E-state index in [0.29, 0.717) is 31.6 Å². The summed E-state index contributed by atoms with van der Waals surface area (Å²) >= 11 is 0. The molecule has 0 rings (SSSR count). The van der Waals surface area contributed by atoms with E-state index in [4.69, 9.17) is 37.0 Å². The average Bonchev–Trinajstić information content (AvgIpc) is 2.60. The Labute approximate surface area is 562 Å². The third kappa shape index (κ3) is 64.1. The number of aliphatic hydroxyl groups is 1.